The number of rotatable bonds is 6. The average Bonchev–Trinajstić information content (AvgIpc) is 2.86. The van der Waals surface area contributed by atoms with Crippen molar-refractivity contribution in [3.05, 3.63) is 53.2 Å². The molecule has 1 aromatic heterocycles. The molecule has 0 atom stereocenters. The Morgan fingerprint density at radius 3 is 2.80 bits per heavy atom. The minimum atomic E-state index is -0.260. The van der Waals surface area contributed by atoms with E-state index in [-0.39, 0.29) is 5.82 Å². The maximum absolute atomic E-state index is 13.4. The highest BCUT2D eigenvalue weighted by atomic mass is 19.1. The Labute approximate surface area is 118 Å². The van der Waals surface area contributed by atoms with E-state index in [9.17, 15) is 4.39 Å². The number of hydrogen-bond acceptors (Lipinski definition) is 3. The van der Waals surface area contributed by atoms with Crippen molar-refractivity contribution < 1.29 is 13.5 Å². The van der Waals surface area contributed by atoms with E-state index in [4.69, 9.17) is 9.15 Å². The smallest absolute Gasteiger partial charge is 0.146 e. The first kappa shape index (κ1) is 14.6. The van der Waals surface area contributed by atoms with E-state index in [0.29, 0.717) is 24.0 Å². The predicted molar refractivity (Wildman–Crippen MR) is 76.2 cm³/mol. The lowest BCUT2D eigenvalue weighted by atomic mass is 10.2. The molecular formula is C16H20FNO2. The molecule has 1 aromatic carbocycles. The molecule has 2 rings (SSSR count). The minimum absolute atomic E-state index is 0.260. The van der Waals surface area contributed by atoms with Crippen LogP contribution in [0.4, 0.5) is 4.39 Å². The molecule has 1 N–H and O–H groups in total. The van der Waals surface area contributed by atoms with E-state index in [1.54, 1.807) is 25.3 Å². The van der Waals surface area contributed by atoms with Crippen LogP contribution in [0.2, 0.25) is 0 Å². The summed E-state index contributed by atoms with van der Waals surface area (Å²) in [6.07, 6.45) is 1.71. The van der Waals surface area contributed by atoms with Crippen molar-refractivity contribution in [2.24, 2.45) is 0 Å². The van der Waals surface area contributed by atoms with E-state index in [2.05, 4.69) is 19.2 Å². The summed E-state index contributed by atoms with van der Waals surface area (Å²) in [6.45, 7) is 6.97. The molecule has 0 aliphatic carbocycles. The molecule has 0 unspecified atom stereocenters. The van der Waals surface area contributed by atoms with E-state index >= 15 is 0 Å². The van der Waals surface area contributed by atoms with Crippen LogP contribution in [0.25, 0.3) is 0 Å². The van der Waals surface area contributed by atoms with E-state index in [1.165, 1.54) is 6.07 Å². The topological polar surface area (TPSA) is 34.4 Å². The molecule has 4 heteroatoms. The van der Waals surface area contributed by atoms with Gasteiger partial charge in [0.1, 0.15) is 23.9 Å². The van der Waals surface area contributed by atoms with Gasteiger partial charge in [-0.2, -0.15) is 0 Å². The third-order valence-electron chi connectivity index (χ3n) is 2.95. The minimum Gasteiger partial charge on any atom is -0.486 e. The van der Waals surface area contributed by atoms with Gasteiger partial charge in [-0.3, -0.25) is 0 Å². The first-order valence-electron chi connectivity index (χ1n) is 6.73. The molecule has 1 heterocycles. The van der Waals surface area contributed by atoms with E-state index in [1.807, 2.05) is 6.07 Å². The van der Waals surface area contributed by atoms with Gasteiger partial charge in [0, 0.05) is 24.2 Å². The third-order valence-corrected chi connectivity index (χ3v) is 2.95. The zero-order valence-corrected chi connectivity index (χ0v) is 12.1. The Morgan fingerprint density at radius 1 is 1.30 bits per heavy atom. The summed E-state index contributed by atoms with van der Waals surface area (Å²) in [5.41, 5.74) is 1.68. The van der Waals surface area contributed by atoms with Crippen LogP contribution in [-0.2, 0) is 13.2 Å². The van der Waals surface area contributed by atoms with Gasteiger partial charge < -0.3 is 14.5 Å². The molecule has 20 heavy (non-hydrogen) atoms. The molecule has 0 fully saturated rings. The van der Waals surface area contributed by atoms with Gasteiger partial charge in [0.05, 0.1) is 6.26 Å². The Hall–Kier alpha value is -1.81. The van der Waals surface area contributed by atoms with Crippen LogP contribution in [-0.4, -0.2) is 6.04 Å². The highest BCUT2D eigenvalue weighted by Crippen LogP contribution is 2.18. The summed E-state index contributed by atoms with van der Waals surface area (Å²) >= 11 is 0. The number of ether oxygens (including phenoxy) is 1. The molecule has 2 aromatic rings. The average molecular weight is 277 g/mol. The number of hydrogen-bond donors (Lipinski definition) is 1. The zero-order valence-electron chi connectivity index (χ0n) is 12.1. The van der Waals surface area contributed by atoms with Crippen molar-refractivity contribution >= 4 is 0 Å². The first-order valence-corrected chi connectivity index (χ1v) is 6.73. The predicted octanol–water partition coefficient (Wildman–Crippen LogP) is 3.80. The molecular weight excluding hydrogens is 257 g/mol. The molecule has 0 bridgehead atoms. The molecule has 0 amide bonds. The highest BCUT2D eigenvalue weighted by molar-refractivity contribution is 5.28. The standard InChI is InChI=1S/C16H20FNO2/c1-11(2)18-8-13-6-15(19-9-13)10-20-14-5-4-12(3)16(17)7-14/h4-7,9,11,18H,8,10H2,1-3H3. The van der Waals surface area contributed by atoms with Crippen molar-refractivity contribution in [3.8, 4) is 5.75 Å². The maximum atomic E-state index is 13.4. The number of furan rings is 1. The summed E-state index contributed by atoms with van der Waals surface area (Å²) in [5.74, 6) is 0.974. The van der Waals surface area contributed by atoms with Gasteiger partial charge in [-0.1, -0.05) is 19.9 Å². The van der Waals surface area contributed by atoms with E-state index in [0.717, 1.165) is 17.9 Å². The monoisotopic (exact) mass is 277 g/mol. The Balaban J connectivity index is 1.89. The largest absolute Gasteiger partial charge is 0.486 e. The van der Waals surface area contributed by atoms with Crippen LogP contribution < -0.4 is 10.1 Å². The summed E-state index contributed by atoms with van der Waals surface area (Å²) in [6, 6.07) is 7.22. The molecule has 0 radical (unpaired) electrons. The van der Waals surface area contributed by atoms with Crippen LogP contribution in [0.5, 0.6) is 5.75 Å². The van der Waals surface area contributed by atoms with Gasteiger partial charge in [0.15, 0.2) is 0 Å². The van der Waals surface area contributed by atoms with Crippen LogP contribution >= 0.6 is 0 Å². The second kappa shape index (κ2) is 6.57. The lowest BCUT2D eigenvalue weighted by Crippen LogP contribution is -2.21. The van der Waals surface area contributed by atoms with Gasteiger partial charge in [0.25, 0.3) is 0 Å². The molecule has 0 saturated carbocycles. The molecule has 0 aliphatic heterocycles. The molecule has 108 valence electrons. The van der Waals surface area contributed by atoms with Crippen LogP contribution in [0, 0.1) is 12.7 Å². The molecule has 0 aliphatic rings. The summed E-state index contributed by atoms with van der Waals surface area (Å²) in [4.78, 5) is 0. The van der Waals surface area contributed by atoms with Crippen molar-refractivity contribution in [2.45, 2.75) is 40.0 Å². The number of nitrogens with one attached hydrogen (secondary N) is 1. The maximum Gasteiger partial charge on any atom is 0.146 e. The molecule has 3 nitrogen and oxygen atoms in total. The van der Waals surface area contributed by atoms with Crippen LogP contribution in [0.3, 0.4) is 0 Å². The van der Waals surface area contributed by atoms with Gasteiger partial charge in [-0.05, 0) is 24.6 Å². The van der Waals surface area contributed by atoms with Gasteiger partial charge in [-0.15, -0.1) is 0 Å². The quantitative estimate of drug-likeness (QED) is 0.872. The summed E-state index contributed by atoms with van der Waals surface area (Å²) in [5, 5.41) is 3.31. The normalized spacial score (nSPS) is 11.1. The van der Waals surface area contributed by atoms with E-state index < -0.39 is 0 Å². The fourth-order valence-corrected chi connectivity index (χ4v) is 1.73. The second-order valence-electron chi connectivity index (χ2n) is 5.16. The van der Waals surface area contributed by atoms with Crippen molar-refractivity contribution in [2.75, 3.05) is 0 Å². The van der Waals surface area contributed by atoms with Gasteiger partial charge in [-0.25, -0.2) is 4.39 Å². The fourth-order valence-electron chi connectivity index (χ4n) is 1.73. The summed E-state index contributed by atoms with van der Waals surface area (Å²) in [7, 11) is 0. The molecule has 0 saturated heterocycles. The second-order valence-corrected chi connectivity index (χ2v) is 5.16. The lowest BCUT2D eigenvalue weighted by Gasteiger charge is -2.05. The number of halogens is 1. The van der Waals surface area contributed by atoms with Gasteiger partial charge >= 0.3 is 0 Å². The highest BCUT2D eigenvalue weighted by Gasteiger charge is 2.05. The SMILES string of the molecule is Cc1ccc(OCc2cc(CNC(C)C)co2)cc1F. The lowest BCUT2D eigenvalue weighted by molar-refractivity contribution is 0.269. The Bertz CT molecular complexity index is 563. The first-order chi connectivity index (χ1) is 9.54. The Morgan fingerprint density at radius 2 is 2.10 bits per heavy atom. The van der Waals surface area contributed by atoms with Crippen molar-refractivity contribution in [1.29, 1.82) is 0 Å². The summed E-state index contributed by atoms with van der Waals surface area (Å²) < 4.78 is 24.3. The van der Waals surface area contributed by atoms with Gasteiger partial charge in [0.2, 0.25) is 0 Å². The fraction of sp³-hybridized carbons (Fsp3) is 0.375. The zero-order chi connectivity index (χ0) is 14.5. The Kier molecular flexibility index (Phi) is 4.79. The number of benzene rings is 1. The number of aryl methyl sites for hydroxylation is 1. The van der Waals surface area contributed by atoms with Crippen molar-refractivity contribution in [1.82, 2.24) is 5.32 Å². The molecule has 0 spiro atoms. The van der Waals surface area contributed by atoms with Crippen LogP contribution in [0.1, 0.15) is 30.7 Å². The third kappa shape index (κ3) is 4.10. The van der Waals surface area contributed by atoms with Crippen molar-refractivity contribution in [3.63, 3.8) is 0 Å². The van der Waals surface area contributed by atoms with Crippen LogP contribution in [0.15, 0.2) is 34.9 Å².